The van der Waals surface area contributed by atoms with Crippen LogP contribution in [-0.4, -0.2) is 55.7 Å². The Balaban J connectivity index is 1.70. The van der Waals surface area contributed by atoms with Gasteiger partial charge in [0.05, 0.1) is 18.4 Å². The molecule has 1 aliphatic heterocycles. The first kappa shape index (κ1) is 20.7. The van der Waals surface area contributed by atoms with E-state index in [0.29, 0.717) is 30.2 Å². The summed E-state index contributed by atoms with van der Waals surface area (Å²) in [5.41, 5.74) is 5.85. The van der Waals surface area contributed by atoms with E-state index in [0.717, 1.165) is 12.4 Å². The predicted octanol–water partition coefficient (Wildman–Crippen LogP) is 1.86. The van der Waals surface area contributed by atoms with Gasteiger partial charge in [-0.3, -0.25) is 4.40 Å². The number of aromatic nitrogens is 5. The number of anilines is 1. The van der Waals surface area contributed by atoms with Crippen molar-refractivity contribution in [1.82, 2.24) is 29.7 Å². The molecule has 0 radical (unpaired) electrons. The van der Waals surface area contributed by atoms with Crippen molar-refractivity contribution in [2.45, 2.75) is 25.2 Å². The number of nitrogens with zero attached hydrogens (tertiary/aromatic N) is 6. The lowest BCUT2D eigenvalue weighted by atomic mass is 10.0. The molecule has 4 heterocycles. The summed E-state index contributed by atoms with van der Waals surface area (Å²) in [5, 5.41) is 10.9. The Hall–Kier alpha value is -3.54. The molecule has 3 aromatic rings. The van der Waals surface area contributed by atoms with Gasteiger partial charge in [0.15, 0.2) is 17.2 Å². The molecule has 31 heavy (non-hydrogen) atoms. The van der Waals surface area contributed by atoms with Gasteiger partial charge in [0, 0.05) is 49.5 Å². The molecule has 162 valence electrons. The van der Waals surface area contributed by atoms with Crippen molar-refractivity contribution < 1.29 is 13.2 Å². The van der Waals surface area contributed by atoms with Gasteiger partial charge in [-0.2, -0.15) is 13.2 Å². The van der Waals surface area contributed by atoms with E-state index in [9.17, 15) is 13.2 Å². The van der Waals surface area contributed by atoms with E-state index in [1.54, 1.807) is 12.3 Å². The maximum absolute atomic E-state index is 13.1. The van der Waals surface area contributed by atoms with Crippen LogP contribution in [0.25, 0.3) is 17.2 Å². The molecule has 2 unspecified atom stereocenters. The van der Waals surface area contributed by atoms with Crippen molar-refractivity contribution in [3.8, 4) is 11.5 Å². The highest BCUT2D eigenvalue weighted by molar-refractivity contribution is 5.77. The monoisotopic (exact) mass is 431 g/mol. The second-order valence-electron chi connectivity index (χ2n) is 7.22. The zero-order chi connectivity index (χ0) is 22.2. The van der Waals surface area contributed by atoms with E-state index in [1.807, 2.05) is 11.8 Å². The molecule has 12 heteroatoms. The number of nitrogens with two attached hydrogens (primary N) is 1. The molecule has 1 fully saturated rings. The zero-order valence-electron chi connectivity index (χ0n) is 16.5. The van der Waals surface area contributed by atoms with Crippen LogP contribution in [-0.2, 0) is 6.18 Å². The maximum atomic E-state index is 13.1. The maximum Gasteiger partial charge on any atom is 0.434 e. The number of piperazine rings is 1. The standard InChI is InChI=1S/C19H20F3N9/c1-11-8-30(9-13(28-11)12(4-23)5-24)16-2-3-25-18(29-16)14-6-27-17-7-26-15(10-31(14)17)19(20,21)22/h2-7,10-11,13,23,28H,8-9,24H2,1H3/b12-5+,23-4?. The van der Waals surface area contributed by atoms with Crippen LogP contribution in [0.15, 0.2) is 42.6 Å². The minimum absolute atomic E-state index is 0.100. The van der Waals surface area contributed by atoms with Crippen LogP contribution in [0.2, 0.25) is 0 Å². The van der Waals surface area contributed by atoms with Gasteiger partial charge in [-0.05, 0) is 13.0 Å². The van der Waals surface area contributed by atoms with Gasteiger partial charge in [-0.15, -0.1) is 0 Å². The van der Waals surface area contributed by atoms with Crippen molar-refractivity contribution in [2.24, 2.45) is 5.73 Å². The molecule has 0 aromatic carbocycles. The Kier molecular flexibility index (Phi) is 5.31. The molecule has 2 atom stereocenters. The molecule has 1 saturated heterocycles. The summed E-state index contributed by atoms with van der Waals surface area (Å²) in [6.07, 6.45) is 2.97. The average Bonchev–Trinajstić information content (AvgIpc) is 3.17. The summed E-state index contributed by atoms with van der Waals surface area (Å²) in [5.74, 6) is 0.860. The Morgan fingerprint density at radius 3 is 2.77 bits per heavy atom. The molecule has 0 spiro atoms. The third kappa shape index (κ3) is 4.06. The summed E-state index contributed by atoms with van der Waals surface area (Å²) >= 11 is 0. The molecule has 0 amide bonds. The number of rotatable bonds is 4. The van der Waals surface area contributed by atoms with Crippen LogP contribution < -0.4 is 16.0 Å². The van der Waals surface area contributed by atoms with E-state index >= 15 is 0 Å². The molecular weight excluding hydrogens is 411 g/mol. The van der Waals surface area contributed by atoms with Crippen molar-refractivity contribution in [2.75, 3.05) is 18.0 Å². The Bertz CT molecular complexity index is 1140. The van der Waals surface area contributed by atoms with Gasteiger partial charge >= 0.3 is 6.18 Å². The van der Waals surface area contributed by atoms with Gasteiger partial charge in [0.25, 0.3) is 0 Å². The Morgan fingerprint density at radius 2 is 2.06 bits per heavy atom. The molecule has 0 saturated carbocycles. The highest BCUT2D eigenvalue weighted by atomic mass is 19.4. The topological polar surface area (TPSA) is 121 Å². The molecule has 0 bridgehead atoms. The molecule has 9 nitrogen and oxygen atoms in total. The fourth-order valence-corrected chi connectivity index (χ4v) is 3.58. The highest BCUT2D eigenvalue weighted by Gasteiger charge is 2.33. The minimum atomic E-state index is -4.58. The van der Waals surface area contributed by atoms with Gasteiger partial charge in [-0.25, -0.2) is 19.9 Å². The van der Waals surface area contributed by atoms with E-state index in [2.05, 4.69) is 25.3 Å². The fourth-order valence-electron chi connectivity index (χ4n) is 3.58. The first-order valence-corrected chi connectivity index (χ1v) is 9.47. The Morgan fingerprint density at radius 1 is 1.26 bits per heavy atom. The van der Waals surface area contributed by atoms with Crippen LogP contribution in [0, 0.1) is 5.41 Å². The number of fused-ring (bicyclic) bond motifs is 1. The number of alkyl halides is 3. The molecule has 3 aromatic heterocycles. The molecule has 0 aliphatic carbocycles. The van der Waals surface area contributed by atoms with Crippen LogP contribution in [0.1, 0.15) is 12.6 Å². The number of halogens is 3. The summed E-state index contributed by atoms with van der Waals surface area (Å²) in [4.78, 5) is 18.4. The van der Waals surface area contributed by atoms with E-state index < -0.39 is 11.9 Å². The summed E-state index contributed by atoms with van der Waals surface area (Å²) in [7, 11) is 0. The summed E-state index contributed by atoms with van der Waals surface area (Å²) < 4.78 is 40.6. The van der Waals surface area contributed by atoms with Gasteiger partial charge in [-0.1, -0.05) is 0 Å². The first-order valence-electron chi connectivity index (χ1n) is 9.47. The molecule has 4 N–H and O–H groups in total. The van der Waals surface area contributed by atoms with Crippen LogP contribution in [0.4, 0.5) is 19.0 Å². The third-order valence-electron chi connectivity index (χ3n) is 5.02. The number of hydrogen-bond donors (Lipinski definition) is 3. The minimum Gasteiger partial charge on any atom is -0.404 e. The van der Waals surface area contributed by atoms with Crippen LogP contribution in [0.5, 0.6) is 0 Å². The number of nitrogens with one attached hydrogen (secondary N) is 2. The quantitative estimate of drug-likeness (QED) is 0.539. The number of hydrogen-bond acceptors (Lipinski definition) is 8. The molecule has 1 aliphatic rings. The van der Waals surface area contributed by atoms with Crippen molar-refractivity contribution in [1.29, 1.82) is 5.41 Å². The lowest BCUT2D eigenvalue weighted by molar-refractivity contribution is -0.141. The van der Waals surface area contributed by atoms with E-state index in [4.69, 9.17) is 11.1 Å². The average molecular weight is 431 g/mol. The number of imidazole rings is 1. The summed E-state index contributed by atoms with van der Waals surface area (Å²) in [6, 6.07) is 1.69. The fraction of sp³-hybridized carbons (Fsp3) is 0.316. The smallest absolute Gasteiger partial charge is 0.404 e. The third-order valence-corrected chi connectivity index (χ3v) is 5.02. The van der Waals surface area contributed by atoms with Crippen molar-refractivity contribution in [3.05, 3.63) is 48.3 Å². The lowest BCUT2D eigenvalue weighted by Gasteiger charge is -2.38. The van der Waals surface area contributed by atoms with Crippen molar-refractivity contribution >= 4 is 17.7 Å². The SMILES string of the molecule is CC1CN(c2ccnc(-c3cnc4cnc(C(F)(F)F)cn34)n2)CC(/C(C=N)=C/N)N1. The van der Waals surface area contributed by atoms with Crippen LogP contribution >= 0.6 is 0 Å². The van der Waals surface area contributed by atoms with Gasteiger partial charge < -0.3 is 21.4 Å². The Labute approximate surface area is 175 Å². The van der Waals surface area contributed by atoms with Gasteiger partial charge in [0.2, 0.25) is 0 Å². The molecular formula is C19H20F3N9. The second kappa shape index (κ2) is 7.95. The predicted molar refractivity (Wildman–Crippen MR) is 109 cm³/mol. The first-order chi connectivity index (χ1) is 14.8. The summed E-state index contributed by atoms with van der Waals surface area (Å²) in [6.45, 7) is 3.18. The van der Waals surface area contributed by atoms with Gasteiger partial charge in [0.1, 0.15) is 11.5 Å². The molecule has 4 rings (SSSR count). The van der Waals surface area contributed by atoms with Crippen molar-refractivity contribution in [3.63, 3.8) is 0 Å². The van der Waals surface area contributed by atoms with Crippen LogP contribution in [0.3, 0.4) is 0 Å². The second-order valence-corrected chi connectivity index (χ2v) is 7.22. The van der Waals surface area contributed by atoms with E-state index in [1.165, 1.54) is 23.0 Å². The van der Waals surface area contributed by atoms with E-state index in [-0.39, 0.29) is 23.6 Å². The zero-order valence-corrected chi connectivity index (χ0v) is 16.5. The largest absolute Gasteiger partial charge is 0.434 e. The highest BCUT2D eigenvalue weighted by Crippen LogP contribution is 2.29. The lowest BCUT2D eigenvalue weighted by Crippen LogP contribution is -2.56. The normalized spacial score (nSPS) is 20.3.